The number of halogens is 1. The van der Waals surface area contributed by atoms with Gasteiger partial charge in [0, 0.05) is 80.8 Å². The minimum Gasteiger partial charge on any atom is -0.507 e. The van der Waals surface area contributed by atoms with Gasteiger partial charge in [-0.3, -0.25) is 23.6 Å². The van der Waals surface area contributed by atoms with Crippen LogP contribution in [0.2, 0.25) is 0 Å². The number of phenolic OH excluding ortho intramolecular Hbond substituents is 3. The van der Waals surface area contributed by atoms with Crippen LogP contribution in [0.25, 0.3) is 16.3 Å². The highest BCUT2D eigenvalue weighted by atomic mass is 19.1. The van der Waals surface area contributed by atoms with E-state index in [1.165, 1.54) is 53.0 Å². The summed E-state index contributed by atoms with van der Waals surface area (Å²) in [5.41, 5.74) is 2.85. The van der Waals surface area contributed by atoms with Gasteiger partial charge in [-0.2, -0.15) is 5.10 Å². The Hall–Kier alpha value is -7.49. The molecular weight excluding hydrogens is 1010 g/mol. The number of methoxy groups -OCH3 is 1. The Morgan fingerprint density at radius 2 is 1.67 bits per heavy atom. The number of carboxylic acid groups (broad SMARTS) is 1. The van der Waals surface area contributed by atoms with Gasteiger partial charge >= 0.3 is 17.7 Å². The number of hydrogen-bond acceptors (Lipinski definition) is 17. The predicted octanol–water partition coefficient (Wildman–Crippen LogP) is 6.84. The van der Waals surface area contributed by atoms with Gasteiger partial charge < -0.3 is 65.2 Å². The molecular formula is C57H68FN5O15. The van der Waals surface area contributed by atoms with Crippen molar-refractivity contribution in [3.63, 3.8) is 0 Å². The van der Waals surface area contributed by atoms with Crippen molar-refractivity contribution in [3.8, 4) is 23.0 Å². The van der Waals surface area contributed by atoms with Crippen LogP contribution < -0.4 is 25.9 Å². The zero-order valence-electron chi connectivity index (χ0n) is 45.2. The van der Waals surface area contributed by atoms with E-state index in [-0.39, 0.29) is 57.5 Å². The summed E-state index contributed by atoms with van der Waals surface area (Å²) in [6.45, 7) is 15.0. The topological polar surface area (TPSA) is 288 Å². The van der Waals surface area contributed by atoms with Crippen LogP contribution in [-0.4, -0.2) is 122 Å². The average molecular weight is 1080 g/mol. The third-order valence-electron chi connectivity index (χ3n) is 16.0. The number of esters is 1. The zero-order chi connectivity index (χ0) is 57.0. The number of benzene rings is 2. The lowest BCUT2D eigenvalue weighted by atomic mass is 9.78. The summed E-state index contributed by atoms with van der Waals surface area (Å²) in [4.78, 5) is 68.2. The second-order valence-electron chi connectivity index (χ2n) is 21.4. The highest BCUT2D eigenvalue weighted by Gasteiger charge is 2.50. The summed E-state index contributed by atoms with van der Waals surface area (Å²) in [5, 5.41) is 75.3. The normalized spacial score (nSPS) is 28.6. The number of rotatable bonds is 9. The van der Waals surface area contributed by atoms with E-state index in [4.69, 9.17) is 18.9 Å². The maximum Gasteiger partial charge on any atom is 0.341 e. The number of ketones is 1. The number of ether oxygens (including phenoxy) is 4. The van der Waals surface area contributed by atoms with Crippen LogP contribution in [-0.2, 0) is 23.8 Å². The number of carbonyl (C=O) groups excluding carboxylic acids is 3. The van der Waals surface area contributed by atoms with Crippen LogP contribution in [0.4, 0.5) is 15.8 Å². The number of carboxylic acids is 1. The van der Waals surface area contributed by atoms with E-state index in [0.29, 0.717) is 41.8 Å². The Bertz CT molecular complexity index is 3290. The number of phenols is 3. The van der Waals surface area contributed by atoms with Crippen LogP contribution in [0.3, 0.4) is 0 Å². The summed E-state index contributed by atoms with van der Waals surface area (Å²) < 4.78 is 40.9. The number of Topliss-reactive ketones (excluding diaryl/α,β-unsaturated/α-hetero) is 1. The van der Waals surface area contributed by atoms with Crippen molar-refractivity contribution in [2.24, 2.45) is 34.7 Å². The van der Waals surface area contributed by atoms with Crippen molar-refractivity contribution in [2.45, 2.75) is 118 Å². The molecule has 4 aliphatic heterocycles. The number of nitrogens with one attached hydrogen (secondary N) is 2. The maximum absolute atomic E-state index is 16.1. The first-order valence-electron chi connectivity index (χ1n) is 26.0. The van der Waals surface area contributed by atoms with Gasteiger partial charge in [0.1, 0.15) is 28.9 Å². The molecule has 1 saturated heterocycles. The molecule has 6 heterocycles. The number of nitrogens with zero attached hydrogens (tertiary/aromatic N) is 3. The molecule has 1 unspecified atom stereocenters. The minimum absolute atomic E-state index is 0.0106. The number of aromatic carboxylic acids is 1. The SMILES string of the molecule is CO[C@H]1/C=C/O[C@@]2(C)Oc3c(C)c(O)c4c(O)c(c(C=NNCC5CCN(c6c(F)cn7c(=O)c(C(=O)O)cc(C8CC8)c7c6C)C5)c(O)c4c3C2=O)NC(=O)/C(C)=C\C=C\[C@@H](C)[C@H](O)[C@@H](C)[C@H](O)[C@@H](C)[C@H](OC(C)=O)[C@@H]1C. The molecule has 5 aliphatic rings. The maximum atomic E-state index is 16.1. The fraction of sp³-hybridized carbons (Fsp3) is 0.474. The van der Waals surface area contributed by atoms with Crippen LogP contribution in [0, 0.1) is 49.3 Å². The van der Waals surface area contributed by atoms with Gasteiger partial charge in [-0.25, -0.2) is 9.18 Å². The molecule has 10 atom stereocenters. The van der Waals surface area contributed by atoms with E-state index in [1.807, 2.05) is 4.90 Å². The number of aromatic hydroxyl groups is 3. The minimum atomic E-state index is -2.13. The highest BCUT2D eigenvalue weighted by Crippen LogP contribution is 2.55. The lowest BCUT2D eigenvalue weighted by molar-refractivity contribution is -0.160. The van der Waals surface area contributed by atoms with Crippen LogP contribution >= 0.6 is 0 Å². The first-order chi connectivity index (χ1) is 36.8. The molecule has 418 valence electrons. The Balaban J connectivity index is 1.15. The fourth-order valence-electron chi connectivity index (χ4n) is 11.3. The van der Waals surface area contributed by atoms with Gasteiger partial charge in [0.2, 0.25) is 0 Å². The molecule has 0 radical (unpaired) electrons. The molecule has 78 heavy (non-hydrogen) atoms. The number of carbonyl (C=O) groups is 4. The molecule has 0 spiro atoms. The summed E-state index contributed by atoms with van der Waals surface area (Å²) in [5.74, 6) is -11.4. The van der Waals surface area contributed by atoms with E-state index in [0.717, 1.165) is 35.9 Å². The number of anilines is 2. The molecule has 1 amide bonds. The largest absolute Gasteiger partial charge is 0.507 e. The van der Waals surface area contributed by atoms with Gasteiger partial charge in [-0.15, -0.1) is 0 Å². The molecule has 21 heteroatoms. The van der Waals surface area contributed by atoms with E-state index in [9.17, 15) is 54.6 Å². The standard InChI is InChI=1S/C57H68FN5O15/c1-25-12-11-13-26(2)54(71)61-43-37(22-60-59-21-33-16-18-62(23-33)45-28(4)44-35(34-14-15-34)20-36(56(73)74)55(72)63(44)24-38(45)58)49(68)40-41(50(43)69)48(67)31(7)52-42(40)53(70)57(9,78-52)76-19-17-39(75-10)27(3)51(77-32(8)64)30(6)47(66)29(5)46(25)65/h11-13,17,19-20,22,24-25,27,29-30,33-34,39,46-47,51,59,65-69H,14-16,18,21,23H2,1-10H3,(H,61,71)(H,73,74)/b12-11+,19-17+,26-13-,60-22?/t25-,27-,29-,30-,33?,39+,46+,47+,51-,57+/m1/s1. The first-order valence-corrected chi connectivity index (χ1v) is 26.0. The van der Waals surface area contributed by atoms with E-state index < -0.39 is 117 Å². The molecule has 1 aliphatic carbocycles. The number of aromatic nitrogens is 1. The van der Waals surface area contributed by atoms with Gasteiger partial charge in [0.25, 0.3) is 17.2 Å². The molecule has 20 nitrogen and oxygen atoms in total. The summed E-state index contributed by atoms with van der Waals surface area (Å²) >= 11 is 0. The Labute approximate surface area is 449 Å². The van der Waals surface area contributed by atoms with Gasteiger partial charge in [-0.1, -0.05) is 45.9 Å². The van der Waals surface area contributed by atoms with Gasteiger partial charge in [0.15, 0.2) is 11.6 Å². The number of amides is 1. The van der Waals surface area contributed by atoms with Gasteiger partial charge in [0.05, 0.1) is 70.4 Å². The van der Waals surface area contributed by atoms with Crippen LogP contribution in [0.5, 0.6) is 23.0 Å². The van der Waals surface area contributed by atoms with Crippen molar-refractivity contribution in [1.82, 2.24) is 9.83 Å². The predicted molar refractivity (Wildman–Crippen MR) is 287 cm³/mol. The molecule has 2 aromatic heterocycles. The first kappa shape index (κ1) is 56.7. The lowest BCUT2D eigenvalue weighted by Gasteiger charge is -2.38. The summed E-state index contributed by atoms with van der Waals surface area (Å²) in [6, 6.07) is 1.41. The van der Waals surface area contributed by atoms with Gasteiger partial charge in [-0.05, 0) is 75.1 Å². The molecule has 2 aromatic carbocycles. The van der Waals surface area contributed by atoms with E-state index in [1.54, 1.807) is 46.8 Å². The lowest BCUT2D eigenvalue weighted by Crippen LogP contribution is -2.46. The van der Waals surface area contributed by atoms with E-state index in [2.05, 4.69) is 15.8 Å². The Morgan fingerprint density at radius 3 is 2.32 bits per heavy atom. The summed E-state index contributed by atoms with van der Waals surface area (Å²) in [7, 11) is 1.41. The molecule has 4 aromatic rings. The molecule has 1 saturated carbocycles. The number of aliphatic hydroxyl groups is 2. The summed E-state index contributed by atoms with van der Waals surface area (Å²) in [6.07, 6.45) is 7.56. The number of aliphatic hydroxyl groups excluding tert-OH is 2. The second-order valence-corrected chi connectivity index (χ2v) is 21.4. The average Bonchev–Trinajstić information content (AvgIpc) is 4.24. The number of fused-ring (bicyclic) bond motifs is 15. The molecule has 8 N–H and O–H groups in total. The van der Waals surface area contributed by atoms with Crippen molar-refractivity contribution in [1.29, 1.82) is 0 Å². The third kappa shape index (κ3) is 10.4. The van der Waals surface area contributed by atoms with Crippen molar-refractivity contribution < 1.29 is 73.2 Å². The van der Waals surface area contributed by atoms with Crippen molar-refractivity contribution in [2.75, 3.05) is 37.0 Å². The third-order valence-corrected chi connectivity index (χ3v) is 16.0. The molecule has 9 rings (SSSR count). The highest BCUT2D eigenvalue weighted by molar-refractivity contribution is 6.24. The fourth-order valence-corrected chi connectivity index (χ4v) is 11.3. The smallest absolute Gasteiger partial charge is 0.341 e. The number of allylic oxidation sites excluding steroid dienone is 2. The second kappa shape index (κ2) is 22.1. The Kier molecular flexibility index (Phi) is 16.1. The van der Waals surface area contributed by atoms with Crippen LogP contribution in [0.15, 0.2) is 58.3 Å². The quantitative estimate of drug-likeness (QED) is 0.0280. The van der Waals surface area contributed by atoms with Crippen LogP contribution in [0.1, 0.15) is 117 Å². The monoisotopic (exact) mass is 1080 g/mol. The number of aryl methyl sites for hydroxylation is 1. The van der Waals surface area contributed by atoms with Crippen molar-refractivity contribution in [3.05, 3.63) is 98.0 Å². The van der Waals surface area contributed by atoms with E-state index >= 15 is 4.39 Å². The zero-order valence-corrected chi connectivity index (χ0v) is 45.2. The van der Waals surface area contributed by atoms with Crippen molar-refractivity contribution >= 4 is 57.5 Å². The number of hydrazone groups is 1. The number of pyridine rings is 2. The Morgan fingerprint density at radius 1 is 0.962 bits per heavy atom. The number of hydrogen-bond donors (Lipinski definition) is 8. The molecule has 2 fully saturated rings. The molecule has 5 bridgehead atoms.